The summed E-state index contributed by atoms with van der Waals surface area (Å²) in [4.78, 5) is 11.2. The highest BCUT2D eigenvalue weighted by molar-refractivity contribution is 6.22. The van der Waals surface area contributed by atoms with E-state index in [1.165, 1.54) is 0 Å². The van der Waals surface area contributed by atoms with Crippen LogP contribution in [0.4, 0.5) is 30.7 Å². The summed E-state index contributed by atoms with van der Waals surface area (Å²) >= 11 is 0. The molecule has 0 aliphatic heterocycles. The first kappa shape index (κ1) is 17.5. The average Bonchev–Trinajstić information content (AvgIpc) is 2.49. The third-order valence-corrected chi connectivity index (χ3v) is 2.92. The molecule has 0 radical (unpaired) electrons. The Hall–Kier alpha value is -2.84. The molecule has 2 rings (SSSR count). The molecule has 0 aliphatic carbocycles. The molecule has 0 unspecified atom stereocenters. The number of benzene rings is 2. The van der Waals surface area contributed by atoms with Crippen molar-refractivity contribution in [2.24, 2.45) is 0 Å². The van der Waals surface area contributed by atoms with Crippen LogP contribution in [0.1, 0.15) is 11.1 Å². The number of halogens is 7. The second kappa shape index (κ2) is 6.34. The first-order chi connectivity index (χ1) is 11.1. The third kappa shape index (κ3) is 3.10. The van der Waals surface area contributed by atoms with E-state index < -0.39 is 63.4 Å². The molecule has 0 atom stereocenters. The Balaban J connectivity index is 2.81. The maximum absolute atomic E-state index is 14.3. The zero-order valence-electron chi connectivity index (χ0n) is 11.3. The lowest BCUT2D eigenvalue weighted by Gasteiger charge is -2.09. The number of carbonyl (C=O) groups is 1. The molecular formula is C15H5F7O2. The lowest BCUT2D eigenvalue weighted by Crippen LogP contribution is -2.08. The van der Waals surface area contributed by atoms with Gasteiger partial charge in [-0.2, -0.15) is 0 Å². The fraction of sp³-hybridized carbons (Fsp3) is 0. The molecule has 0 fully saturated rings. The molecule has 2 aromatic carbocycles. The summed E-state index contributed by atoms with van der Waals surface area (Å²) in [7, 11) is 0. The van der Waals surface area contributed by atoms with Gasteiger partial charge in [0, 0.05) is 17.2 Å². The standard InChI is InChI=1S/C15H5F7O2/c16-6-1-5(2-7(17)3-6)11(19)10(15(23)24)8-4-9(18)13(21)14(22)12(8)20/h1-4H,(H,23,24). The van der Waals surface area contributed by atoms with Gasteiger partial charge in [0.2, 0.25) is 0 Å². The number of carboxylic acid groups (broad SMARTS) is 1. The Morgan fingerprint density at radius 3 is 1.83 bits per heavy atom. The molecule has 126 valence electrons. The fourth-order valence-corrected chi connectivity index (χ4v) is 1.91. The van der Waals surface area contributed by atoms with Crippen molar-refractivity contribution >= 4 is 17.4 Å². The molecule has 0 saturated heterocycles. The van der Waals surface area contributed by atoms with E-state index in [1.54, 1.807) is 0 Å². The SMILES string of the molecule is O=C(O)C(=C(F)c1cc(F)cc(F)c1)c1cc(F)c(F)c(F)c1F. The maximum Gasteiger partial charge on any atom is 0.339 e. The van der Waals surface area contributed by atoms with Crippen molar-refractivity contribution < 1.29 is 40.6 Å². The van der Waals surface area contributed by atoms with E-state index >= 15 is 0 Å². The summed E-state index contributed by atoms with van der Waals surface area (Å²) in [6.07, 6.45) is 0. The zero-order chi connectivity index (χ0) is 18.2. The highest BCUT2D eigenvalue weighted by atomic mass is 19.2. The van der Waals surface area contributed by atoms with Gasteiger partial charge in [-0.15, -0.1) is 0 Å². The minimum Gasteiger partial charge on any atom is -0.478 e. The van der Waals surface area contributed by atoms with E-state index in [4.69, 9.17) is 5.11 Å². The summed E-state index contributed by atoms with van der Waals surface area (Å²) < 4.78 is 93.5. The third-order valence-electron chi connectivity index (χ3n) is 2.92. The number of hydrogen-bond acceptors (Lipinski definition) is 1. The van der Waals surface area contributed by atoms with Crippen molar-refractivity contribution in [3.63, 3.8) is 0 Å². The van der Waals surface area contributed by atoms with Crippen LogP contribution in [0.5, 0.6) is 0 Å². The first-order valence-electron chi connectivity index (χ1n) is 6.06. The number of hydrogen-bond donors (Lipinski definition) is 1. The molecule has 0 aromatic heterocycles. The van der Waals surface area contributed by atoms with Crippen LogP contribution in [0.25, 0.3) is 11.4 Å². The monoisotopic (exact) mass is 350 g/mol. The molecule has 24 heavy (non-hydrogen) atoms. The quantitative estimate of drug-likeness (QED) is 0.292. The predicted octanol–water partition coefficient (Wildman–Crippen LogP) is 4.44. The van der Waals surface area contributed by atoms with Gasteiger partial charge in [-0.1, -0.05) is 0 Å². The second-order valence-corrected chi connectivity index (χ2v) is 4.50. The van der Waals surface area contributed by atoms with Crippen LogP contribution in [0.15, 0.2) is 24.3 Å². The van der Waals surface area contributed by atoms with Crippen LogP contribution in [-0.2, 0) is 4.79 Å². The van der Waals surface area contributed by atoms with E-state index in [2.05, 4.69) is 0 Å². The molecule has 0 spiro atoms. The fourth-order valence-electron chi connectivity index (χ4n) is 1.91. The van der Waals surface area contributed by atoms with E-state index in [9.17, 15) is 35.5 Å². The van der Waals surface area contributed by atoms with Crippen molar-refractivity contribution in [1.29, 1.82) is 0 Å². The minimum absolute atomic E-state index is 0.0770. The lowest BCUT2D eigenvalue weighted by molar-refractivity contribution is -0.130. The van der Waals surface area contributed by atoms with Gasteiger partial charge in [0.05, 0.1) is 0 Å². The smallest absolute Gasteiger partial charge is 0.339 e. The Labute approximate surface area is 129 Å². The number of rotatable bonds is 3. The van der Waals surface area contributed by atoms with E-state index in [-0.39, 0.29) is 6.07 Å². The zero-order valence-corrected chi connectivity index (χ0v) is 11.3. The molecule has 0 aliphatic rings. The molecular weight excluding hydrogens is 345 g/mol. The summed E-state index contributed by atoms with van der Waals surface area (Å²) in [6.45, 7) is 0. The van der Waals surface area contributed by atoms with Gasteiger partial charge in [-0.05, 0) is 18.2 Å². The topological polar surface area (TPSA) is 37.3 Å². The van der Waals surface area contributed by atoms with Crippen molar-refractivity contribution in [2.45, 2.75) is 0 Å². The molecule has 1 N–H and O–H groups in total. The minimum atomic E-state index is -2.36. The highest BCUT2D eigenvalue weighted by Gasteiger charge is 2.27. The van der Waals surface area contributed by atoms with Gasteiger partial charge in [-0.25, -0.2) is 35.5 Å². The van der Waals surface area contributed by atoms with Crippen molar-refractivity contribution in [3.8, 4) is 0 Å². The molecule has 2 aromatic rings. The maximum atomic E-state index is 14.3. The molecule has 2 nitrogen and oxygen atoms in total. The van der Waals surface area contributed by atoms with Crippen LogP contribution in [0.2, 0.25) is 0 Å². The molecule has 0 heterocycles. The van der Waals surface area contributed by atoms with Gasteiger partial charge in [0.15, 0.2) is 23.3 Å². The van der Waals surface area contributed by atoms with Crippen molar-refractivity contribution in [3.05, 3.63) is 70.3 Å². The Morgan fingerprint density at radius 1 is 0.792 bits per heavy atom. The first-order valence-corrected chi connectivity index (χ1v) is 6.06. The normalized spacial score (nSPS) is 12.1. The van der Waals surface area contributed by atoms with Crippen LogP contribution >= 0.6 is 0 Å². The van der Waals surface area contributed by atoms with Crippen molar-refractivity contribution in [2.75, 3.05) is 0 Å². The lowest BCUT2D eigenvalue weighted by atomic mass is 10.0. The largest absolute Gasteiger partial charge is 0.478 e. The average molecular weight is 350 g/mol. The molecule has 9 heteroatoms. The van der Waals surface area contributed by atoms with Gasteiger partial charge in [0.25, 0.3) is 0 Å². The summed E-state index contributed by atoms with van der Waals surface area (Å²) in [5, 5.41) is 8.98. The summed E-state index contributed by atoms with van der Waals surface area (Å²) in [5.74, 6) is -15.3. The summed E-state index contributed by atoms with van der Waals surface area (Å²) in [5.41, 5.74) is -4.04. The summed E-state index contributed by atoms with van der Waals surface area (Å²) in [6, 6.07) is 1.05. The van der Waals surface area contributed by atoms with Crippen LogP contribution < -0.4 is 0 Å². The van der Waals surface area contributed by atoms with Gasteiger partial charge in [-0.3, -0.25) is 0 Å². The molecule has 0 saturated carbocycles. The van der Waals surface area contributed by atoms with Crippen molar-refractivity contribution in [1.82, 2.24) is 0 Å². The van der Waals surface area contributed by atoms with E-state index in [1.807, 2.05) is 0 Å². The highest BCUT2D eigenvalue weighted by Crippen LogP contribution is 2.32. The van der Waals surface area contributed by atoms with Crippen LogP contribution in [0, 0.1) is 34.9 Å². The Bertz CT molecular complexity index is 854. The van der Waals surface area contributed by atoms with Crippen LogP contribution in [-0.4, -0.2) is 11.1 Å². The van der Waals surface area contributed by atoms with Gasteiger partial charge in [0.1, 0.15) is 23.0 Å². The van der Waals surface area contributed by atoms with E-state index in [0.29, 0.717) is 18.2 Å². The molecule has 0 bridgehead atoms. The predicted molar refractivity (Wildman–Crippen MR) is 68.2 cm³/mol. The number of aliphatic carboxylic acids is 1. The van der Waals surface area contributed by atoms with E-state index in [0.717, 1.165) is 0 Å². The second-order valence-electron chi connectivity index (χ2n) is 4.50. The van der Waals surface area contributed by atoms with Gasteiger partial charge < -0.3 is 5.11 Å². The Morgan fingerprint density at radius 2 is 1.33 bits per heavy atom. The molecule has 0 amide bonds. The Kier molecular flexibility index (Phi) is 4.63. The van der Waals surface area contributed by atoms with Gasteiger partial charge >= 0.3 is 5.97 Å². The number of carboxylic acids is 1. The van der Waals surface area contributed by atoms with Crippen LogP contribution in [0.3, 0.4) is 0 Å².